The lowest BCUT2D eigenvalue weighted by Gasteiger charge is -2.27. The number of rotatable bonds is 31. The van der Waals surface area contributed by atoms with Gasteiger partial charge in [-0.05, 0) is 0 Å². The summed E-state index contributed by atoms with van der Waals surface area (Å²) in [7, 11) is 5.84. The largest absolute Gasteiger partial charge is 0.393 e. The summed E-state index contributed by atoms with van der Waals surface area (Å²) in [5.74, 6) is -0.619. The lowest BCUT2D eigenvalue weighted by molar-refractivity contribution is -0.129. The van der Waals surface area contributed by atoms with Crippen LogP contribution in [0.5, 0.6) is 0 Å². The van der Waals surface area contributed by atoms with Crippen molar-refractivity contribution in [1.29, 1.82) is 0 Å². The summed E-state index contributed by atoms with van der Waals surface area (Å²) < 4.78 is 0. The molecule has 0 heterocycles. The van der Waals surface area contributed by atoms with Crippen molar-refractivity contribution in [3.8, 4) is 0 Å². The van der Waals surface area contributed by atoms with Crippen LogP contribution in [0.4, 0.5) is 0 Å². The van der Waals surface area contributed by atoms with Gasteiger partial charge in [-0.3, -0.25) is 19.4 Å². The highest BCUT2D eigenvalue weighted by Crippen LogP contribution is 2.02. The smallest absolute Gasteiger partial charge is 0.229 e. The van der Waals surface area contributed by atoms with E-state index in [4.69, 9.17) is 5.73 Å². The van der Waals surface area contributed by atoms with Crippen molar-refractivity contribution in [1.82, 2.24) is 36.4 Å². The van der Waals surface area contributed by atoms with Gasteiger partial charge in [0.25, 0.3) is 0 Å². The van der Waals surface area contributed by atoms with Gasteiger partial charge in [-0.25, -0.2) is 0 Å². The molecule has 0 fully saturated rings. The van der Waals surface area contributed by atoms with Crippen LogP contribution in [0, 0.1) is 0 Å². The van der Waals surface area contributed by atoms with Gasteiger partial charge in [0.1, 0.15) is 28.3 Å². The molecule has 0 aliphatic heterocycles. The van der Waals surface area contributed by atoms with Crippen LogP contribution in [-0.4, -0.2) is 175 Å². The van der Waals surface area contributed by atoms with Crippen LogP contribution in [0.2, 0.25) is 39.4 Å². The normalized spacial score (nSPS) is 13.5. The second-order valence-electron chi connectivity index (χ2n) is 10.9. The third-order valence-corrected chi connectivity index (χ3v) is 6.63. The molecule has 247 valence electrons. The summed E-state index contributed by atoms with van der Waals surface area (Å²) in [5, 5.41) is 45.6. The SMILES string of the molecule is C[B]CC(O)CN(CCN)CCNCCNC(=O)CC(=O)NCCNCCNCCN(CC(O)C[B]C)CC(O)C[B]C. The topological polar surface area (TPSA) is 187 Å². The monoisotopic (exact) mass is 609 g/mol. The highest BCUT2D eigenvalue weighted by molar-refractivity contribution is 6.34. The molecular formula is C27H60B3N8O5. The molecule has 3 unspecified atom stereocenters. The van der Waals surface area contributed by atoms with Crippen LogP contribution in [0.15, 0.2) is 0 Å². The lowest BCUT2D eigenvalue weighted by atomic mass is 9.75. The molecule has 3 radical (unpaired) electrons. The molecule has 0 aliphatic carbocycles. The van der Waals surface area contributed by atoms with E-state index in [9.17, 15) is 24.9 Å². The summed E-state index contributed by atoms with van der Waals surface area (Å²) in [6.07, 6.45) is 0.437. The minimum absolute atomic E-state index is 0.204. The average molecular weight is 609 g/mol. The van der Waals surface area contributed by atoms with Crippen molar-refractivity contribution in [2.75, 3.05) is 98.2 Å². The maximum atomic E-state index is 12.0. The fourth-order valence-electron chi connectivity index (χ4n) is 4.55. The number of hydrogen-bond acceptors (Lipinski definition) is 11. The number of carbonyl (C=O) groups is 2. The van der Waals surface area contributed by atoms with Gasteiger partial charge in [-0.2, -0.15) is 0 Å². The molecule has 0 aromatic heterocycles. The Morgan fingerprint density at radius 1 is 0.605 bits per heavy atom. The van der Waals surface area contributed by atoms with E-state index in [1.54, 1.807) is 0 Å². The summed E-state index contributed by atoms with van der Waals surface area (Å²) in [4.78, 5) is 28.2. The number of nitrogens with zero attached hydrogens (tertiary/aromatic N) is 2. The zero-order chi connectivity index (χ0) is 32.1. The number of amides is 2. The Morgan fingerprint density at radius 2 is 0.977 bits per heavy atom. The number of nitrogens with one attached hydrogen (secondary N) is 5. The standard InChI is InChI=1S/C27H60B3N8O5/c1-28-17-23(39)20-37(13-4-31)14-11-34-8-10-36-27(43)16-26(42)35-9-7-32-5-6-33-12-15-38(21-24(40)18-29-2)22-25(41)19-30-3/h23-25,32-34,39-41H,4-22,31H2,1-3H3,(H,35,42)(H,36,43). The highest BCUT2D eigenvalue weighted by atomic mass is 16.3. The second-order valence-corrected chi connectivity index (χ2v) is 10.9. The fourth-order valence-corrected chi connectivity index (χ4v) is 4.55. The molecule has 13 nitrogen and oxygen atoms in total. The molecule has 0 saturated carbocycles. The van der Waals surface area contributed by atoms with E-state index >= 15 is 0 Å². The van der Waals surface area contributed by atoms with E-state index < -0.39 is 18.3 Å². The zero-order valence-electron chi connectivity index (χ0n) is 27.0. The molecule has 0 saturated heterocycles. The van der Waals surface area contributed by atoms with Crippen LogP contribution in [-0.2, 0) is 9.59 Å². The highest BCUT2D eigenvalue weighted by Gasteiger charge is 2.15. The van der Waals surface area contributed by atoms with Crippen molar-refractivity contribution in [2.24, 2.45) is 5.73 Å². The third-order valence-electron chi connectivity index (χ3n) is 6.63. The maximum Gasteiger partial charge on any atom is 0.229 e. The molecule has 0 rings (SSSR count). The van der Waals surface area contributed by atoms with Crippen molar-refractivity contribution >= 4 is 33.7 Å². The van der Waals surface area contributed by atoms with Gasteiger partial charge in [0.05, 0.1) is 18.3 Å². The molecule has 16 heteroatoms. The Morgan fingerprint density at radius 3 is 1.40 bits per heavy atom. The molecule has 2 amide bonds. The Hall–Kier alpha value is -1.23. The summed E-state index contributed by atoms with van der Waals surface area (Å²) in [5.41, 5.74) is 5.66. The first-order valence-corrected chi connectivity index (χ1v) is 15.9. The van der Waals surface area contributed by atoms with Crippen molar-refractivity contribution < 1.29 is 24.9 Å². The molecule has 43 heavy (non-hydrogen) atoms. The molecule has 0 aromatic rings. The summed E-state index contributed by atoms with van der Waals surface area (Å²) in [6.45, 7) is 15.1. The van der Waals surface area contributed by atoms with Crippen LogP contribution < -0.4 is 32.3 Å². The van der Waals surface area contributed by atoms with Crippen molar-refractivity contribution in [2.45, 2.75) is 64.2 Å². The maximum absolute atomic E-state index is 12.0. The van der Waals surface area contributed by atoms with Gasteiger partial charge in [-0.15, -0.1) is 0 Å². The second kappa shape index (κ2) is 29.5. The summed E-state index contributed by atoms with van der Waals surface area (Å²) >= 11 is 0. The molecule has 0 aliphatic rings. The number of carbonyl (C=O) groups excluding carboxylic acids is 2. The Bertz CT molecular complexity index is 664. The van der Waals surface area contributed by atoms with E-state index in [1.807, 2.05) is 42.3 Å². The number of hydrogen-bond donors (Lipinski definition) is 9. The van der Waals surface area contributed by atoms with E-state index in [1.165, 1.54) is 0 Å². The Kier molecular flexibility index (Phi) is 28.6. The van der Waals surface area contributed by atoms with Gasteiger partial charge in [0.15, 0.2) is 0 Å². The third kappa shape index (κ3) is 26.9. The minimum atomic E-state index is -0.437. The lowest BCUT2D eigenvalue weighted by Crippen LogP contribution is -2.43. The van der Waals surface area contributed by atoms with E-state index in [0.29, 0.717) is 77.9 Å². The van der Waals surface area contributed by atoms with Crippen LogP contribution in [0.3, 0.4) is 0 Å². The van der Waals surface area contributed by atoms with Gasteiger partial charge in [-0.1, -0.05) is 39.4 Å². The molecule has 3 atom stereocenters. The number of aliphatic hydroxyl groups is 3. The van der Waals surface area contributed by atoms with Gasteiger partial charge in [0.2, 0.25) is 11.8 Å². The van der Waals surface area contributed by atoms with Gasteiger partial charge in [0, 0.05) is 98.2 Å². The Labute approximate surface area is 263 Å². The van der Waals surface area contributed by atoms with Crippen LogP contribution in [0.25, 0.3) is 0 Å². The number of aliphatic hydroxyl groups excluding tert-OH is 3. The fraction of sp³-hybridized carbons (Fsp3) is 0.926. The first-order valence-electron chi connectivity index (χ1n) is 15.9. The number of nitrogens with two attached hydrogens (primary N) is 1. The predicted molar refractivity (Wildman–Crippen MR) is 178 cm³/mol. The zero-order valence-corrected chi connectivity index (χ0v) is 27.0. The van der Waals surface area contributed by atoms with Crippen LogP contribution in [0.1, 0.15) is 6.42 Å². The van der Waals surface area contributed by atoms with Gasteiger partial charge >= 0.3 is 0 Å². The molecule has 0 aromatic carbocycles. The van der Waals surface area contributed by atoms with E-state index in [2.05, 4.69) is 36.4 Å². The molecule has 10 N–H and O–H groups in total. The van der Waals surface area contributed by atoms with E-state index in [-0.39, 0.29) is 18.2 Å². The van der Waals surface area contributed by atoms with Gasteiger partial charge < -0.3 is 47.6 Å². The quantitative estimate of drug-likeness (QED) is 0.0216. The molecule has 0 bridgehead atoms. The van der Waals surface area contributed by atoms with Crippen molar-refractivity contribution in [3.63, 3.8) is 0 Å². The van der Waals surface area contributed by atoms with Crippen molar-refractivity contribution in [3.05, 3.63) is 0 Å². The first-order chi connectivity index (χ1) is 20.7. The van der Waals surface area contributed by atoms with E-state index in [0.717, 1.165) is 39.3 Å². The predicted octanol–water partition coefficient (Wildman–Crippen LogP) is -3.47. The molecular weight excluding hydrogens is 549 g/mol. The average Bonchev–Trinajstić information content (AvgIpc) is 2.94. The van der Waals surface area contributed by atoms with Crippen LogP contribution >= 0.6 is 0 Å². The first kappa shape index (κ1) is 41.8. The Balaban J connectivity index is 3.86. The summed E-state index contributed by atoms with van der Waals surface area (Å²) in [6, 6.07) is 0. The molecule has 0 spiro atoms. The minimum Gasteiger partial charge on any atom is -0.393 e.